The Morgan fingerprint density at radius 2 is 1.95 bits per heavy atom. The maximum Gasteiger partial charge on any atom is 0.239 e. The first-order valence-electron chi connectivity index (χ1n) is 6.78. The summed E-state index contributed by atoms with van der Waals surface area (Å²) in [6.45, 7) is 0.157. The predicted octanol–water partition coefficient (Wildman–Crippen LogP) is 3.47. The van der Waals surface area contributed by atoms with Crippen molar-refractivity contribution >= 4 is 57.6 Å². The van der Waals surface area contributed by atoms with Crippen LogP contribution in [0.2, 0.25) is 10.0 Å². The number of nitrogens with zero attached hydrogens (tertiary/aromatic N) is 2. The summed E-state index contributed by atoms with van der Waals surface area (Å²) in [4.78, 5) is 11.9. The van der Waals surface area contributed by atoms with Crippen LogP contribution in [0.5, 0.6) is 0 Å². The van der Waals surface area contributed by atoms with Crippen LogP contribution in [0.25, 0.3) is 11.0 Å². The molecule has 0 radical (unpaired) electrons. The van der Waals surface area contributed by atoms with Crippen LogP contribution in [0.3, 0.4) is 0 Å². The van der Waals surface area contributed by atoms with Gasteiger partial charge in [0.2, 0.25) is 5.91 Å². The smallest absolute Gasteiger partial charge is 0.239 e. The number of carbonyl (C=O) groups excluding carboxylic acids is 1. The number of fused-ring (bicyclic) bond motifs is 1. The van der Waals surface area contributed by atoms with Gasteiger partial charge in [-0.2, -0.15) is 8.75 Å². The zero-order chi connectivity index (χ0) is 14.8. The van der Waals surface area contributed by atoms with Crippen LogP contribution in [0.1, 0.15) is 25.7 Å². The Balaban J connectivity index is 1.70. The van der Waals surface area contributed by atoms with Gasteiger partial charge in [-0.15, -0.1) is 0 Å². The van der Waals surface area contributed by atoms with Gasteiger partial charge in [-0.1, -0.05) is 36.0 Å². The van der Waals surface area contributed by atoms with Gasteiger partial charge in [0.15, 0.2) is 0 Å². The van der Waals surface area contributed by atoms with Gasteiger partial charge in [-0.3, -0.25) is 4.79 Å². The van der Waals surface area contributed by atoms with Crippen molar-refractivity contribution in [3.05, 3.63) is 16.1 Å². The Morgan fingerprint density at radius 1 is 1.24 bits per heavy atom. The van der Waals surface area contributed by atoms with E-state index in [1.807, 2.05) is 0 Å². The van der Waals surface area contributed by atoms with E-state index in [9.17, 15) is 4.79 Å². The lowest BCUT2D eigenvalue weighted by atomic mass is 10.2. The summed E-state index contributed by atoms with van der Waals surface area (Å²) >= 11 is 13.3. The van der Waals surface area contributed by atoms with E-state index in [1.54, 1.807) is 6.07 Å². The molecule has 8 heteroatoms. The molecule has 2 N–H and O–H groups in total. The minimum Gasteiger partial charge on any atom is -0.373 e. The van der Waals surface area contributed by atoms with E-state index < -0.39 is 0 Å². The van der Waals surface area contributed by atoms with Gasteiger partial charge in [-0.25, -0.2) is 0 Å². The molecule has 0 atom stereocenters. The second kappa shape index (κ2) is 6.34. The summed E-state index contributed by atoms with van der Waals surface area (Å²) in [5.74, 6) is -0.0377. The molecule has 112 valence electrons. The van der Waals surface area contributed by atoms with E-state index in [0.29, 0.717) is 32.8 Å². The van der Waals surface area contributed by atoms with Crippen LogP contribution >= 0.6 is 34.9 Å². The maximum absolute atomic E-state index is 11.9. The van der Waals surface area contributed by atoms with Gasteiger partial charge >= 0.3 is 0 Å². The number of carbonyl (C=O) groups is 1. The third kappa shape index (κ3) is 3.22. The highest BCUT2D eigenvalue weighted by atomic mass is 35.5. The van der Waals surface area contributed by atoms with Gasteiger partial charge in [0, 0.05) is 6.04 Å². The van der Waals surface area contributed by atoms with Gasteiger partial charge in [0.25, 0.3) is 0 Å². The zero-order valence-electron chi connectivity index (χ0n) is 11.2. The van der Waals surface area contributed by atoms with Crippen molar-refractivity contribution in [3.8, 4) is 0 Å². The second-order valence-electron chi connectivity index (χ2n) is 5.08. The van der Waals surface area contributed by atoms with Gasteiger partial charge in [0.05, 0.1) is 34.0 Å². The summed E-state index contributed by atoms with van der Waals surface area (Å²) < 4.78 is 8.32. The molecule has 0 saturated heterocycles. The summed E-state index contributed by atoms with van der Waals surface area (Å²) in [5.41, 5.74) is 1.81. The van der Waals surface area contributed by atoms with Crippen LogP contribution in [0.15, 0.2) is 6.07 Å². The SMILES string of the molecule is O=C(CNc1c(Cl)cc(Cl)c2nsnc12)NC1CCCC1. The van der Waals surface area contributed by atoms with Crippen LogP contribution in [0, 0.1) is 0 Å². The van der Waals surface area contributed by atoms with E-state index in [2.05, 4.69) is 19.4 Å². The Bertz CT molecular complexity index is 669. The first-order valence-corrected chi connectivity index (χ1v) is 8.27. The molecular formula is C13H14Cl2N4OS. The number of rotatable bonds is 4. The van der Waals surface area contributed by atoms with E-state index >= 15 is 0 Å². The molecule has 1 aromatic heterocycles. The largest absolute Gasteiger partial charge is 0.373 e. The predicted molar refractivity (Wildman–Crippen MR) is 86.3 cm³/mol. The molecule has 0 bridgehead atoms. The van der Waals surface area contributed by atoms with E-state index in [4.69, 9.17) is 23.2 Å². The fourth-order valence-electron chi connectivity index (χ4n) is 2.56. The molecule has 0 spiro atoms. The molecule has 1 heterocycles. The number of benzene rings is 1. The molecule has 1 aliphatic rings. The summed E-state index contributed by atoms with van der Waals surface area (Å²) in [5, 5.41) is 6.96. The van der Waals surface area contributed by atoms with Crippen molar-refractivity contribution in [3.63, 3.8) is 0 Å². The molecule has 1 amide bonds. The molecule has 0 aliphatic heterocycles. The van der Waals surface area contributed by atoms with Crippen LogP contribution in [-0.2, 0) is 4.79 Å². The maximum atomic E-state index is 11.9. The van der Waals surface area contributed by atoms with Crippen LogP contribution in [-0.4, -0.2) is 27.2 Å². The molecule has 2 aromatic rings. The number of hydrogen-bond donors (Lipinski definition) is 2. The van der Waals surface area contributed by atoms with Crippen LogP contribution < -0.4 is 10.6 Å². The minimum absolute atomic E-state index is 0.0377. The van der Waals surface area contributed by atoms with Gasteiger partial charge in [0.1, 0.15) is 11.0 Å². The Hall–Kier alpha value is -1.11. The van der Waals surface area contributed by atoms with Crippen molar-refractivity contribution in [2.45, 2.75) is 31.7 Å². The highest BCUT2D eigenvalue weighted by Crippen LogP contribution is 2.35. The first-order chi connectivity index (χ1) is 10.1. The average molecular weight is 345 g/mol. The first kappa shape index (κ1) is 14.8. The molecule has 5 nitrogen and oxygen atoms in total. The molecule has 1 fully saturated rings. The van der Waals surface area contributed by atoms with Crippen molar-refractivity contribution in [2.24, 2.45) is 0 Å². The summed E-state index contributed by atoms with van der Waals surface area (Å²) in [7, 11) is 0. The topological polar surface area (TPSA) is 66.9 Å². The molecule has 1 aliphatic carbocycles. The molecule has 3 rings (SSSR count). The third-order valence-corrected chi connectivity index (χ3v) is 4.70. The third-order valence-electron chi connectivity index (χ3n) is 3.59. The highest BCUT2D eigenvalue weighted by Gasteiger charge is 2.18. The standard InChI is InChI=1S/C13H14Cl2N4OS/c14-8-5-9(15)12-13(19-21-18-12)11(8)16-6-10(20)17-7-3-1-2-4-7/h5,7,16H,1-4,6H2,(H,17,20). The normalized spacial score (nSPS) is 15.5. The molecule has 0 unspecified atom stereocenters. The molecule has 21 heavy (non-hydrogen) atoms. The van der Waals surface area contributed by atoms with E-state index in [0.717, 1.165) is 24.6 Å². The highest BCUT2D eigenvalue weighted by molar-refractivity contribution is 7.00. The van der Waals surface area contributed by atoms with E-state index in [1.165, 1.54) is 12.8 Å². The Labute approximate surface area is 136 Å². The number of aromatic nitrogens is 2. The second-order valence-corrected chi connectivity index (χ2v) is 6.42. The fourth-order valence-corrected chi connectivity index (χ4v) is 3.74. The monoisotopic (exact) mass is 344 g/mol. The van der Waals surface area contributed by atoms with Crippen molar-refractivity contribution in [2.75, 3.05) is 11.9 Å². The molecule has 1 saturated carbocycles. The average Bonchev–Trinajstić information content (AvgIpc) is 3.09. The number of anilines is 1. The molecule has 1 aromatic carbocycles. The van der Waals surface area contributed by atoms with Gasteiger partial charge in [-0.05, 0) is 18.9 Å². The Kier molecular flexibility index (Phi) is 4.47. The minimum atomic E-state index is -0.0377. The zero-order valence-corrected chi connectivity index (χ0v) is 13.5. The number of halogens is 2. The van der Waals surface area contributed by atoms with Gasteiger partial charge < -0.3 is 10.6 Å². The number of nitrogens with one attached hydrogen (secondary N) is 2. The van der Waals surface area contributed by atoms with Crippen molar-refractivity contribution in [1.82, 2.24) is 14.1 Å². The van der Waals surface area contributed by atoms with Crippen LogP contribution in [0.4, 0.5) is 5.69 Å². The number of hydrogen-bond acceptors (Lipinski definition) is 5. The lowest BCUT2D eigenvalue weighted by Crippen LogP contribution is -2.36. The Morgan fingerprint density at radius 3 is 2.71 bits per heavy atom. The molecular weight excluding hydrogens is 331 g/mol. The van der Waals surface area contributed by atoms with Crippen molar-refractivity contribution < 1.29 is 4.79 Å². The quantitative estimate of drug-likeness (QED) is 0.890. The lowest BCUT2D eigenvalue weighted by molar-refractivity contribution is -0.120. The summed E-state index contributed by atoms with van der Waals surface area (Å²) in [6, 6.07) is 1.92. The lowest BCUT2D eigenvalue weighted by Gasteiger charge is -2.13. The number of amides is 1. The van der Waals surface area contributed by atoms with Crippen molar-refractivity contribution in [1.29, 1.82) is 0 Å². The van der Waals surface area contributed by atoms with E-state index in [-0.39, 0.29) is 12.5 Å². The summed E-state index contributed by atoms with van der Waals surface area (Å²) in [6.07, 6.45) is 4.50. The fraction of sp³-hybridized carbons (Fsp3) is 0.462.